The molecule has 0 spiro atoms. The Kier molecular flexibility index (Phi) is 4.34. The summed E-state index contributed by atoms with van der Waals surface area (Å²) in [6.07, 6.45) is 1.10. The third-order valence-electron chi connectivity index (χ3n) is 3.74. The second-order valence-electron chi connectivity index (χ2n) is 5.19. The molecule has 22 heavy (non-hydrogen) atoms. The van der Waals surface area contributed by atoms with Crippen LogP contribution in [0.25, 0.3) is 11.0 Å². The Morgan fingerprint density at radius 2 is 1.91 bits per heavy atom. The van der Waals surface area contributed by atoms with Crippen LogP contribution in [0, 0.1) is 0 Å². The minimum absolute atomic E-state index is 0.165. The van der Waals surface area contributed by atoms with Crippen molar-refractivity contribution in [2.75, 3.05) is 0 Å². The van der Waals surface area contributed by atoms with Crippen molar-refractivity contribution in [3.63, 3.8) is 0 Å². The minimum Gasteiger partial charge on any atom is -0.297 e. The van der Waals surface area contributed by atoms with Crippen molar-refractivity contribution in [2.45, 2.75) is 25.8 Å². The fourth-order valence-electron chi connectivity index (χ4n) is 2.53. The number of hydrogen-bond donors (Lipinski definition) is 0. The Morgan fingerprint density at radius 1 is 1.18 bits per heavy atom. The second kappa shape index (κ2) is 6.40. The van der Waals surface area contributed by atoms with E-state index in [0.29, 0.717) is 12.8 Å². The Labute approximate surface area is 137 Å². The topological polar surface area (TPSA) is 47.8 Å². The first-order valence-electron chi connectivity index (χ1n) is 7.26. The maximum absolute atomic E-state index is 12.4. The Bertz CT molecular complexity index is 795. The summed E-state index contributed by atoms with van der Waals surface area (Å²) in [5.41, 5.74) is 2.81. The number of benzene rings is 2. The van der Waals surface area contributed by atoms with Crippen LogP contribution in [0.4, 0.5) is 0 Å². The SMILES string of the molecule is CCC(=O)C(Cc1ccc(Br)cc1)n1nnc2ccccc21. The lowest BCUT2D eigenvalue weighted by atomic mass is 10.0. The third kappa shape index (κ3) is 2.95. The molecule has 4 nitrogen and oxygen atoms in total. The lowest BCUT2D eigenvalue weighted by Gasteiger charge is -2.16. The molecule has 0 amide bonds. The molecule has 1 aromatic heterocycles. The quantitative estimate of drug-likeness (QED) is 0.694. The van der Waals surface area contributed by atoms with Gasteiger partial charge < -0.3 is 0 Å². The molecule has 0 radical (unpaired) electrons. The zero-order chi connectivity index (χ0) is 15.5. The van der Waals surface area contributed by atoms with Crippen molar-refractivity contribution in [1.29, 1.82) is 0 Å². The highest BCUT2D eigenvalue weighted by atomic mass is 79.9. The highest BCUT2D eigenvalue weighted by Gasteiger charge is 2.22. The van der Waals surface area contributed by atoms with Crippen LogP contribution in [0.2, 0.25) is 0 Å². The van der Waals surface area contributed by atoms with E-state index in [9.17, 15) is 4.79 Å². The van der Waals surface area contributed by atoms with Crippen LogP contribution in [0.1, 0.15) is 24.9 Å². The van der Waals surface area contributed by atoms with Gasteiger partial charge in [0.25, 0.3) is 0 Å². The van der Waals surface area contributed by atoms with Crippen LogP contribution in [0.15, 0.2) is 53.0 Å². The van der Waals surface area contributed by atoms with E-state index in [1.807, 2.05) is 55.5 Å². The molecule has 0 N–H and O–H groups in total. The van der Waals surface area contributed by atoms with Gasteiger partial charge in [-0.1, -0.05) is 52.3 Å². The monoisotopic (exact) mass is 357 g/mol. The lowest BCUT2D eigenvalue weighted by Crippen LogP contribution is -2.22. The van der Waals surface area contributed by atoms with Crippen LogP contribution in [0.3, 0.4) is 0 Å². The summed E-state index contributed by atoms with van der Waals surface area (Å²) in [5.74, 6) is 0.165. The Morgan fingerprint density at radius 3 is 2.64 bits per heavy atom. The standard InChI is InChI=1S/C17H16BrN3O/c1-2-17(22)16(11-12-7-9-13(18)10-8-12)21-15-6-4-3-5-14(15)19-20-21/h3-10,16H,2,11H2,1H3. The molecule has 0 aliphatic rings. The van der Waals surface area contributed by atoms with Crippen LogP contribution < -0.4 is 0 Å². The molecule has 5 heteroatoms. The van der Waals surface area contributed by atoms with Gasteiger partial charge in [0.05, 0.1) is 5.52 Å². The second-order valence-corrected chi connectivity index (χ2v) is 6.10. The van der Waals surface area contributed by atoms with Gasteiger partial charge in [-0.05, 0) is 29.8 Å². The number of nitrogens with zero attached hydrogens (tertiary/aromatic N) is 3. The van der Waals surface area contributed by atoms with Gasteiger partial charge >= 0.3 is 0 Å². The van der Waals surface area contributed by atoms with Crippen molar-refractivity contribution >= 4 is 32.7 Å². The zero-order valence-electron chi connectivity index (χ0n) is 12.2. The number of halogens is 1. The Balaban J connectivity index is 1.99. The maximum atomic E-state index is 12.4. The van der Waals surface area contributed by atoms with Gasteiger partial charge in [0.15, 0.2) is 5.78 Å². The smallest absolute Gasteiger partial charge is 0.157 e. The predicted octanol–water partition coefficient (Wildman–Crippen LogP) is 3.96. The van der Waals surface area contributed by atoms with Gasteiger partial charge in [-0.3, -0.25) is 4.79 Å². The van der Waals surface area contributed by atoms with Crippen molar-refractivity contribution in [2.24, 2.45) is 0 Å². The summed E-state index contributed by atoms with van der Waals surface area (Å²) >= 11 is 3.43. The lowest BCUT2D eigenvalue weighted by molar-refractivity contribution is -0.122. The number of carbonyl (C=O) groups is 1. The van der Waals surface area contributed by atoms with E-state index in [-0.39, 0.29) is 11.8 Å². The summed E-state index contributed by atoms with van der Waals surface area (Å²) in [4.78, 5) is 12.4. The van der Waals surface area contributed by atoms with Gasteiger partial charge in [0.2, 0.25) is 0 Å². The van der Waals surface area contributed by atoms with Gasteiger partial charge in [-0.25, -0.2) is 4.68 Å². The average Bonchev–Trinajstić information content (AvgIpc) is 2.97. The summed E-state index contributed by atoms with van der Waals surface area (Å²) < 4.78 is 2.78. The van der Waals surface area contributed by atoms with Crippen LogP contribution in [0.5, 0.6) is 0 Å². The molecule has 1 heterocycles. The largest absolute Gasteiger partial charge is 0.297 e. The van der Waals surface area contributed by atoms with E-state index >= 15 is 0 Å². The highest BCUT2D eigenvalue weighted by Crippen LogP contribution is 2.22. The maximum Gasteiger partial charge on any atom is 0.157 e. The fraction of sp³-hybridized carbons (Fsp3) is 0.235. The number of aromatic nitrogens is 3. The molecular formula is C17H16BrN3O. The average molecular weight is 358 g/mol. The van der Waals surface area contributed by atoms with E-state index in [0.717, 1.165) is 21.1 Å². The third-order valence-corrected chi connectivity index (χ3v) is 4.26. The van der Waals surface area contributed by atoms with E-state index < -0.39 is 0 Å². The number of carbonyl (C=O) groups excluding carboxylic acids is 1. The fourth-order valence-corrected chi connectivity index (χ4v) is 2.80. The molecule has 0 saturated heterocycles. The summed E-state index contributed by atoms with van der Waals surface area (Å²) in [6.45, 7) is 1.88. The first-order valence-corrected chi connectivity index (χ1v) is 8.05. The molecule has 2 aromatic carbocycles. The summed E-state index contributed by atoms with van der Waals surface area (Å²) in [5, 5.41) is 8.38. The predicted molar refractivity (Wildman–Crippen MR) is 89.7 cm³/mol. The number of fused-ring (bicyclic) bond motifs is 1. The van der Waals surface area contributed by atoms with Crippen molar-refractivity contribution in [3.05, 3.63) is 58.6 Å². The molecule has 3 rings (SSSR count). The van der Waals surface area contributed by atoms with E-state index in [4.69, 9.17) is 0 Å². The van der Waals surface area contributed by atoms with Gasteiger partial charge in [-0.2, -0.15) is 0 Å². The number of Topliss-reactive ketones (excluding diaryl/α,β-unsaturated/α-hetero) is 1. The molecule has 3 aromatic rings. The first kappa shape index (κ1) is 14.9. The molecule has 0 fully saturated rings. The summed E-state index contributed by atoms with van der Waals surface area (Å²) in [7, 11) is 0. The van der Waals surface area contributed by atoms with Gasteiger partial charge in [0, 0.05) is 17.3 Å². The van der Waals surface area contributed by atoms with E-state index in [1.54, 1.807) is 4.68 Å². The normalized spacial score (nSPS) is 12.5. The van der Waals surface area contributed by atoms with Gasteiger partial charge in [0.1, 0.15) is 11.6 Å². The molecule has 1 atom stereocenters. The molecule has 0 aliphatic carbocycles. The first-order chi connectivity index (χ1) is 10.7. The number of rotatable bonds is 5. The van der Waals surface area contributed by atoms with Crippen LogP contribution in [-0.4, -0.2) is 20.8 Å². The van der Waals surface area contributed by atoms with Crippen molar-refractivity contribution in [1.82, 2.24) is 15.0 Å². The summed E-state index contributed by atoms with van der Waals surface area (Å²) in [6, 6.07) is 15.4. The number of hydrogen-bond acceptors (Lipinski definition) is 3. The molecule has 0 aliphatic heterocycles. The number of ketones is 1. The van der Waals surface area contributed by atoms with Crippen molar-refractivity contribution < 1.29 is 4.79 Å². The van der Waals surface area contributed by atoms with E-state index in [1.165, 1.54) is 0 Å². The van der Waals surface area contributed by atoms with Crippen molar-refractivity contribution in [3.8, 4) is 0 Å². The molecule has 1 unspecified atom stereocenters. The molecule has 0 saturated carbocycles. The van der Waals surface area contributed by atoms with Crippen LogP contribution in [-0.2, 0) is 11.2 Å². The minimum atomic E-state index is -0.321. The van der Waals surface area contributed by atoms with Gasteiger partial charge in [-0.15, -0.1) is 5.10 Å². The van der Waals surface area contributed by atoms with Crippen LogP contribution >= 0.6 is 15.9 Å². The molecule has 112 valence electrons. The molecular weight excluding hydrogens is 342 g/mol. The number of para-hydroxylation sites is 1. The Hall–Kier alpha value is -2.01. The zero-order valence-corrected chi connectivity index (χ0v) is 13.8. The highest BCUT2D eigenvalue weighted by molar-refractivity contribution is 9.10. The van der Waals surface area contributed by atoms with E-state index in [2.05, 4.69) is 26.2 Å². The molecule has 0 bridgehead atoms.